The molecule has 49 heavy (non-hydrogen) atoms. The molecule has 10 nitrogen and oxygen atoms in total. The molecular weight excluding hydrogens is 648 g/mol. The van der Waals surface area contributed by atoms with Gasteiger partial charge in [0.15, 0.2) is 12.6 Å². The van der Waals surface area contributed by atoms with Crippen molar-refractivity contribution in [3.8, 4) is 0 Å². The molecular formula is C38H54O10S. The molecule has 0 aliphatic carbocycles. The van der Waals surface area contributed by atoms with Gasteiger partial charge in [-0.3, -0.25) is 0 Å². The van der Waals surface area contributed by atoms with E-state index in [-0.39, 0.29) is 31.5 Å². The predicted octanol–water partition coefficient (Wildman–Crippen LogP) is 6.29. The molecule has 0 unspecified atom stereocenters. The van der Waals surface area contributed by atoms with Crippen molar-refractivity contribution in [2.45, 2.75) is 75.7 Å². The van der Waals surface area contributed by atoms with E-state index in [0.717, 1.165) is 25.7 Å². The Morgan fingerprint density at radius 3 is 1.00 bits per heavy atom. The largest absolute Gasteiger partial charge is 0.380 e. The van der Waals surface area contributed by atoms with Crippen LogP contribution in [-0.4, -0.2) is 87.7 Å². The van der Waals surface area contributed by atoms with Crippen LogP contribution in [0.1, 0.15) is 77.1 Å². The first-order valence-electron chi connectivity index (χ1n) is 17.9. The maximum atomic E-state index is 14.9. The zero-order chi connectivity index (χ0) is 34.6. The van der Waals surface area contributed by atoms with Gasteiger partial charge >= 0.3 is 0 Å². The fourth-order valence-electron chi connectivity index (χ4n) is 6.54. The Kier molecular flexibility index (Phi) is 11.5. The van der Waals surface area contributed by atoms with Gasteiger partial charge < -0.3 is 37.9 Å². The van der Waals surface area contributed by atoms with Gasteiger partial charge in [-0.2, -0.15) is 0 Å². The summed E-state index contributed by atoms with van der Waals surface area (Å²) in [5.41, 5.74) is 0.454. The van der Waals surface area contributed by atoms with Crippen molar-refractivity contribution in [2.24, 2.45) is 21.7 Å². The van der Waals surface area contributed by atoms with E-state index in [9.17, 15) is 8.42 Å². The quantitative estimate of drug-likeness (QED) is 0.146. The second-order valence-electron chi connectivity index (χ2n) is 14.9. The van der Waals surface area contributed by atoms with Crippen LogP contribution in [0, 0.1) is 21.7 Å². The van der Waals surface area contributed by atoms with E-state index < -0.39 is 22.4 Å². The molecule has 11 heteroatoms. The summed E-state index contributed by atoms with van der Waals surface area (Å²) >= 11 is 0. The topological polar surface area (TPSA) is 108 Å². The molecule has 4 saturated heterocycles. The van der Waals surface area contributed by atoms with Crippen LogP contribution < -0.4 is 0 Å². The minimum atomic E-state index is -4.11. The van der Waals surface area contributed by atoms with E-state index in [1.165, 1.54) is 0 Å². The second kappa shape index (κ2) is 15.4. The maximum Gasteiger partial charge on any atom is 0.207 e. The number of hydrogen-bond acceptors (Lipinski definition) is 10. The average molecular weight is 703 g/mol. The Balaban J connectivity index is 1.32. The first-order chi connectivity index (χ1) is 23.7. The first-order valence-corrected chi connectivity index (χ1v) is 19.3. The zero-order valence-corrected chi connectivity index (χ0v) is 30.4. The van der Waals surface area contributed by atoms with Gasteiger partial charge in [-0.1, -0.05) is 64.1 Å². The van der Waals surface area contributed by atoms with Crippen molar-refractivity contribution < 1.29 is 46.3 Å². The van der Waals surface area contributed by atoms with Crippen molar-refractivity contribution in [2.75, 3.05) is 79.3 Å². The van der Waals surface area contributed by atoms with Crippen LogP contribution >= 0.6 is 0 Å². The lowest BCUT2D eigenvalue weighted by atomic mass is 9.84. The van der Waals surface area contributed by atoms with Crippen LogP contribution in [-0.2, 0) is 47.7 Å². The summed E-state index contributed by atoms with van der Waals surface area (Å²) in [6.07, 6.45) is 1.74. The maximum absolute atomic E-state index is 14.9. The number of benzene rings is 2. The summed E-state index contributed by atoms with van der Waals surface area (Å²) in [6.45, 7) is 14.9. The second-order valence-corrected chi connectivity index (χ2v) is 16.8. The van der Waals surface area contributed by atoms with Gasteiger partial charge in [0, 0.05) is 32.8 Å². The number of hydrogen-bond donors (Lipinski definition) is 0. The van der Waals surface area contributed by atoms with Gasteiger partial charge in [0.2, 0.25) is 9.84 Å². The van der Waals surface area contributed by atoms with Gasteiger partial charge in [-0.05, 0) is 37.8 Å². The number of rotatable bonds is 20. The Morgan fingerprint density at radius 1 is 0.510 bits per heavy atom. The summed E-state index contributed by atoms with van der Waals surface area (Å²) in [4.78, 5) is 0.263. The third-order valence-electron chi connectivity index (χ3n) is 11.4. The molecule has 2 aromatic rings. The Hall–Kier alpha value is -1.93. The monoisotopic (exact) mass is 702 g/mol. The van der Waals surface area contributed by atoms with E-state index in [0.29, 0.717) is 90.4 Å². The van der Waals surface area contributed by atoms with E-state index in [4.69, 9.17) is 37.9 Å². The standard InChI is InChI=1S/C38H54O10S/c1-5-35(17-41-18-35)25-45-33(46-26-36(6-2)19-42-20-36)29-13-9-11-15-31(29)49(39,40)32-16-12-10-14-30(32)34(47-27-37(7-3)21-43-22-37)48-28-38(8-4)23-44-24-38/h9-16,33-34H,5-8,17-28H2,1-4H3. The SMILES string of the molecule is CCC1(COC(OCC2(CC)COC2)c2ccccc2S(=O)(=O)c2ccccc2C(OCC2(CC)COC2)OCC2(CC)COC2)COC1. The molecule has 0 spiro atoms. The van der Waals surface area contributed by atoms with Gasteiger partial charge in [0.1, 0.15) is 0 Å². The molecule has 0 radical (unpaired) electrons. The predicted molar refractivity (Wildman–Crippen MR) is 182 cm³/mol. The molecule has 4 heterocycles. The van der Waals surface area contributed by atoms with Crippen molar-refractivity contribution in [3.05, 3.63) is 59.7 Å². The molecule has 2 aromatic carbocycles. The molecule has 0 atom stereocenters. The lowest BCUT2D eigenvalue weighted by Gasteiger charge is -2.43. The molecule has 0 amide bonds. The van der Waals surface area contributed by atoms with Gasteiger partial charge in [0.05, 0.1) is 89.1 Å². The van der Waals surface area contributed by atoms with Crippen molar-refractivity contribution >= 4 is 9.84 Å². The van der Waals surface area contributed by atoms with Crippen LogP contribution in [0.5, 0.6) is 0 Å². The van der Waals surface area contributed by atoms with Gasteiger partial charge in [-0.25, -0.2) is 8.42 Å². The lowest BCUT2D eigenvalue weighted by Crippen LogP contribution is -2.47. The summed E-state index contributed by atoms with van der Waals surface area (Å²) in [5, 5.41) is 0. The van der Waals surface area contributed by atoms with Crippen molar-refractivity contribution in [1.29, 1.82) is 0 Å². The summed E-state index contributed by atoms with van der Waals surface area (Å²) in [5.74, 6) is 0. The highest BCUT2D eigenvalue weighted by atomic mass is 32.2. The van der Waals surface area contributed by atoms with E-state index >= 15 is 0 Å². The molecule has 272 valence electrons. The van der Waals surface area contributed by atoms with E-state index in [2.05, 4.69) is 27.7 Å². The summed E-state index contributed by atoms with van der Waals surface area (Å²) in [7, 11) is -4.11. The Bertz CT molecular complexity index is 1310. The third-order valence-corrected chi connectivity index (χ3v) is 13.3. The Morgan fingerprint density at radius 2 is 0.776 bits per heavy atom. The Labute approximate surface area is 291 Å². The first kappa shape index (κ1) is 36.8. The number of sulfone groups is 1. The fraction of sp³-hybridized carbons (Fsp3) is 0.684. The smallest absolute Gasteiger partial charge is 0.207 e. The summed E-state index contributed by atoms with van der Waals surface area (Å²) < 4.78 is 78.0. The fourth-order valence-corrected chi connectivity index (χ4v) is 8.25. The highest BCUT2D eigenvalue weighted by Gasteiger charge is 2.43. The summed E-state index contributed by atoms with van der Waals surface area (Å²) in [6, 6.07) is 14.0. The average Bonchev–Trinajstić information content (AvgIpc) is 3.05. The molecule has 4 fully saturated rings. The zero-order valence-electron chi connectivity index (χ0n) is 29.6. The van der Waals surface area contributed by atoms with Crippen LogP contribution in [0.2, 0.25) is 0 Å². The van der Waals surface area contributed by atoms with Crippen LogP contribution in [0.3, 0.4) is 0 Å². The van der Waals surface area contributed by atoms with Gasteiger partial charge in [0.25, 0.3) is 0 Å². The molecule has 0 N–H and O–H groups in total. The number of ether oxygens (including phenoxy) is 8. The van der Waals surface area contributed by atoms with Crippen molar-refractivity contribution in [3.63, 3.8) is 0 Å². The van der Waals surface area contributed by atoms with Crippen LogP contribution in [0.25, 0.3) is 0 Å². The molecule has 0 bridgehead atoms. The van der Waals surface area contributed by atoms with E-state index in [1.54, 1.807) is 36.4 Å². The highest BCUT2D eigenvalue weighted by Crippen LogP contribution is 2.41. The normalized spacial score (nSPS) is 21.8. The van der Waals surface area contributed by atoms with Crippen LogP contribution in [0.15, 0.2) is 58.3 Å². The third kappa shape index (κ3) is 7.66. The van der Waals surface area contributed by atoms with Crippen LogP contribution in [0.4, 0.5) is 0 Å². The highest BCUT2D eigenvalue weighted by molar-refractivity contribution is 7.91. The minimum Gasteiger partial charge on any atom is -0.380 e. The van der Waals surface area contributed by atoms with E-state index in [1.807, 2.05) is 12.1 Å². The molecule has 0 saturated carbocycles. The molecule has 0 aromatic heterocycles. The van der Waals surface area contributed by atoms with Crippen molar-refractivity contribution in [1.82, 2.24) is 0 Å². The molecule has 4 aliphatic rings. The molecule has 6 rings (SSSR count). The van der Waals surface area contributed by atoms with Gasteiger partial charge in [-0.15, -0.1) is 0 Å². The molecule has 4 aliphatic heterocycles. The lowest BCUT2D eigenvalue weighted by molar-refractivity contribution is -0.239. The minimum absolute atomic E-state index is 0.116.